The second-order valence-electron chi connectivity index (χ2n) is 19.4. The van der Waals surface area contributed by atoms with E-state index in [9.17, 15) is 28.9 Å². The first-order valence-electron chi connectivity index (χ1n) is 30.1. The number of allylic oxidation sites excluding steroid dienone is 22. The van der Waals surface area contributed by atoms with Gasteiger partial charge in [0.25, 0.3) is 0 Å². The van der Waals surface area contributed by atoms with Gasteiger partial charge in [0.15, 0.2) is 6.10 Å². The topological polar surface area (TPSA) is 155 Å². The van der Waals surface area contributed by atoms with Gasteiger partial charge in [-0.25, -0.2) is 4.57 Å². The van der Waals surface area contributed by atoms with Crippen LogP contribution in [0.1, 0.15) is 226 Å². The smallest absolute Gasteiger partial charge is 0.462 e. The highest BCUT2D eigenvalue weighted by Gasteiger charge is 2.28. The molecule has 0 saturated carbocycles. The standard InChI is InChI=1S/C66H107O11P/c1-4-7-10-13-16-19-22-25-28-30-31-33-36-39-42-45-48-51-54-57-66(70)77-63(59-73-64(68)55-52-49-46-43-40-37-34-27-24-21-18-15-12-9-6-3)61-75-78(71,72)74-60-62(58-67)76-65(69)56-53-50-47-44-41-38-35-32-29-26-23-20-17-14-11-8-5-2/h8-9,11-12,16-21,25-29,31,33-35,38,44,47,62-63,67H,4-7,10,13-15,22-24,30,32,36-37,39-43,45-46,48-61H2,1-3H3,(H,71,72)/b11-8-,12-9-,19-16-,20-17-,21-18-,28-25-,29-26-,33-31-,34-27-,38-35-,47-44-. The molecule has 0 amide bonds. The lowest BCUT2D eigenvalue weighted by Crippen LogP contribution is -2.30. The lowest BCUT2D eigenvalue weighted by Gasteiger charge is -2.21. The molecule has 11 nitrogen and oxygen atoms in total. The number of carbonyl (C=O) groups excluding carboxylic acids is 3. The molecular weight excluding hydrogens is 1000 g/mol. The fraction of sp³-hybridized carbons (Fsp3) is 0.621. The largest absolute Gasteiger partial charge is 0.472 e. The third kappa shape index (κ3) is 56.3. The van der Waals surface area contributed by atoms with Crippen LogP contribution in [0.15, 0.2) is 134 Å². The SMILES string of the molecule is CC/C=C\C/C=C\C/C=C\C/C=C\C/C=C\CCCC(=O)OC(CO)COP(=O)(O)OCC(COC(=O)CCCCCCC/C=C\C/C=C\C/C=C\CC)OC(=O)CCCCCCCC/C=C\C/C=C\C/C=C\CCCCC. The lowest BCUT2D eigenvalue weighted by atomic mass is 10.1. The summed E-state index contributed by atoms with van der Waals surface area (Å²) in [5, 5.41) is 9.83. The zero-order valence-electron chi connectivity index (χ0n) is 48.8. The fourth-order valence-electron chi connectivity index (χ4n) is 7.53. The summed E-state index contributed by atoms with van der Waals surface area (Å²) in [5.74, 6) is -1.57. The summed E-state index contributed by atoms with van der Waals surface area (Å²) < 4.78 is 39.5. The maximum absolute atomic E-state index is 12.9. The van der Waals surface area contributed by atoms with Crippen LogP contribution in [0.25, 0.3) is 0 Å². The number of unbranched alkanes of at least 4 members (excludes halogenated alkanes) is 15. The van der Waals surface area contributed by atoms with E-state index in [4.69, 9.17) is 23.3 Å². The highest BCUT2D eigenvalue weighted by atomic mass is 31.2. The number of aliphatic hydroxyl groups is 1. The average Bonchev–Trinajstić information content (AvgIpc) is 3.43. The second kappa shape index (κ2) is 58.8. The third-order valence-electron chi connectivity index (χ3n) is 12.0. The van der Waals surface area contributed by atoms with Gasteiger partial charge >= 0.3 is 25.7 Å². The molecule has 0 bridgehead atoms. The number of carbonyl (C=O) groups is 3. The minimum Gasteiger partial charge on any atom is -0.462 e. The number of esters is 3. The minimum atomic E-state index is -4.78. The molecule has 0 aromatic heterocycles. The Morgan fingerprint density at radius 3 is 1.08 bits per heavy atom. The Morgan fingerprint density at radius 1 is 0.372 bits per heavy atom. The van der Waals surface area contributed by atoms with Gasteiger partial charge in [0.05, 0.1) is 19.8 Å². The van der Waals surface area contributed by atoms with E-state index < -0.39 is 57.8 Å². The van der Waals surface area contributed by atoms with Crippen molar-refractivity contribution in [3.05, 3.63) is 134 Å². The van der Waals surface area contributed by atoms with E-state index in [1.54, 1.807) is 0 Å². The number of hydrogen-bond acceptors (Lipinski definition) is 10. The van der Waals surface area contributed by atoms with Crippen LogP contribution >= 0.6 is 7.82 Å². The van der Waals surface area contributed by atoms with Gasteiger partial charge in [-0.1, -0.05) is 212 Å². The van der Waals surface area contributed by atoms with Crippen LogP contribution in [-0.4, -0.2) is 66.5 Å². The Kier molecular flexibility index (Phi) is 55.5. The van der Waals surface area contributed by atoms with Crippen LogP contribution in [0.5, 0.6) is 0 Å². The van der Waals surface area contributed by atoms with E-state index in [1.807, 2.05) is 12.2 Å². The van der Waals surface area contributed by atoms with Gasteiger partial charge in [-0.3, -0.25) is 23.4 Å². The number of ether oxygens (including phenoxy) is 3. The van der Waals surface area contributed by atoms with Gasteiger partial charge < -0.3 is 24.2 Å². The molecule has 0 spiro atoms. The monoisotopic (exact) mass is 1110 g/mol. The van der Waals surface area contributed by atoms with Crippen LogP contribution in [0.2, 0.25) is 0 Å². The highest BCUT2D eigenvalue weighted by Crippen LogP contribution is 2.43. The minimum absolute atomic E-state index is 0.0897. The van der Waals surface area contributed by atoms with Crippen molar-refractivity contribution in [1.29, 1.82) is 0 Å². The molecule has 0 fully saturated rings. The van der Waals surface area contributed by atoms with Crippen molar-refractivity contribution in [2.24, 2.45) is 0 Å². The van der Waals surface area contributed by atoms with Gasteiger partial charge in [-0.15, -0.1) is 0 Å². The van der Waals surface area contributed by atoms with Gasteiger partial charge in [-0.05, 0) is 128 Å². The molecule has 78 heavy (non-hydrogen) atoms. The summed E-state index contributed by atoms with van der Waals surface area (Å²) in [6.07, 6.45) is 74.1. The quantitative estimate of drug-likeness (QED) is 0.0197. The van der Waals surface area contributed by atoms with Gasteiger partial charge in [0.2, 0.25) is 0 Å². The van der Waals surface area contributed by atoms with E-state index in [-0.39, 0.29) is 25.9 Å². The van der Waals surface area contributed by atoms with Gasteiger partial charge in [0, 0.05) is 19.3 Å². The molecule has 2 N–H and O–H groups in total. The van der Waals surface area contributed by atoms with Crippen LogP contribution in [-0.2, 0) is 42.2 Å². The van der Waals surface area contributed by atoms with Crippen LogP contribution in [0, 0.1) is 0 Å². The summed E-state index contributed by atoms with van der Waals surface area (Å²) >= 11 is 0. The summed E-state index contributed by atoms with van der Waals surface area (Å²) in [5.41, 5.74) is 0. The Hall–Kier alpha value is -4.38. The van der Waals surface area contributed by atoms with Crippen molar-refractivity contribution in [1.82, 2.24) is 0 Å². The maximum atomic E-state index is 12.9. The van der Waals surface area contributed by atoms with E-state index in [0.29, 0.717) is 25.7 Å². The average molecular weight is 1110 g/mol. The van der Waals surface area contributed by atoms with Crippen molar-refractivity contribution < 1.29 is 52.2 Å². The van der Waals surface area contributed by atoms with E-state index >= 15 is 0 Å². The van der Waals surface area contributed by atoms with Crippen molar-refractivity contribution in [2.75, 3.05) is 26.4 Å². The highest BCUT2D eigenvalue weighted by molar-refractivity contribution is 7.47. The van der Waals surface area contributed by atoms with E-state index in [1.165, 1.54) is 25.7 Å². The molecule has 0 aromatic carbocycles. The predicted molar refractivity (Wildman–Crippen MR) is 325 cm³/mol. The summed E-state index contributed by atoms with van der Waals surface area (Å²) in [6, 6.07) is 0. The van der Waals surface area contributed by atoms with Gasteiger partial charge in [0.1, 0.15) is 12.7 Å². The Balaban J connectivity index is 4.84. The summed E-state index contributed by atoms with van der Waals surface area (Å²) in [7, 11) is -4.78. The first-order valence-corrected chi connectivity index (χ1v) is 31.6. The number of phosphoric ester groups is 1. The number of hydrogen-bond donors (Lipinski definition) is 2. The Morgan fingerprint density at radius 2 is 0.679 bits per heavy atom. The maximum Gasteiger partial charge on any atom is 0.472 e. The van der Waals surface area contributed by atoms with E-state index in [0.717, 1.165) is 135 Å². The third-order valence-corrected chi connectivity index (χ3v) is 13.0. The molecule has 0 aromatic rings. The molecular formula is C66H107O11P. The van der Waals surface area contributed by atoms with E-state index in [2.05, 4.69) is 142 Å². The normalized spacial score (nSPS) is 14.3. The molecule has 0 aliphatic rings. The fourth-order valence-corrected chi connectivity index (χ4v) is 8.31. The van der Waals surface area contributed by atoms with Crippen molar-refractivity contribution in [3.8, 4) is 0 Å². The molecule has 3 unspecified atom stereocenters. The molecule has 12 heteroatoms. The van der Waals surface area contributed by atoms with Crippen LogP contribution in [0.4, 0.5) is 0 Å². The molecule has 0 radical (unpaired) electrons. The van der Waals surface area contributed by atoms with Crippen molar-refractivity contribution >= 4 is 25.7 Å². The Labute approximate surface area is 474 Å². The van der Waals surface area contributed by atoms with Crippen molar-refractivity contribution in [2.45, 2.75) is 238 Å². The lowest BCUT2D eigenvalue weighted by molar-refractivity contribution is -0.161. The first kappa shape index (κ1) is 73.6. The first-order chi connectivity index (χ1) is 38.2. The second-order valence-corrected chi connectivity index (χ2v) is 20.8. The van der Waals surface area contributed by atoms with Gasteiger partial charge in [-0.2, -0.15) is 0 Å². The molecule has 0 heterocycles. The Bertz CT molecular complexity index is 1820. The van der Waals surface area contributed by atoms with Crippen LogP contribution < -0.4 is 0 Å². The molecule has 0 aliphatic carbocycles. The zero-order chi connectivity index (χ0) is 56.9. The number of rotatable bonds is 54. The molecule has 0 rings (SSSR count). The number of phosphoric acid groups is 1. The van der Waals surface area contributed by atoms with Crippen molar-refractivity contribution in [3.63, 3.8) is 0 Å². The molecule has 442 valence electrons. The zero-order valence-corrected chi connectivity index (χ0v) is 49.7. The number of aliphatic hydroxyl groups excluding tert-OH is 1. The molecule has 0 saturated heterocycles. The summed E-state index contributed by atoms with van der Waals surface area (Å²) in [6.45, 7) is 4.28. The predicted octanol–water partition coefficient (Wildman–Crippen LogP) is 18.1. The molecule has 0 aliphatic heterocycles. The molecule has 3 atom stereocenters. The summed E-state index contributed by atoms with van der Waals surface area (Å²) in [4.78, 5) is 48.6. The van der Waals surface area contributed by atoms with Crippen LogP contribution in [0.3, 0.4) is 0 Å².